The van der Waals surface area contributed by atoms with Crippen LogP contribution < -0.4 is 14.2 Å². The molecule has 0 amide bonds. The number of ether oxygens (including phenoxy) is 3. The number of halogens is 1. The molecule has 4 nitrogen and oxygen atoms in total. The molecule has 0 saturated heterocycles. The van der Waals surface area contributed by atoms with Gasteiger partial charge < -0.3 is 14.2 Å². The number of hydrogen-bond donors (Lipinski definition) is 0. The monoisotopic (exact) mass is 333 g/mol. The van der Waals surface area contributed by atoms with Gasteiger partial charge in [0.15, 0.2) is 0 Å². The maximum absolute atomic E-state index is 6.10. The topological polar surface area (TPSA) is 40.0 Å². The summed E-state index contributed by atoms with van der Waals surface area (Å²) < 4.78 is 15.7. The molecule has 0 fully saturated rings. The third-order valence-corrected chi connectivity index (χ3v) is 3.72. The summed E-state index contributed by atoms with van der Waals surface area (Å²) in [5.41, 5.74) is 2.05. The van der Waals surface area contributed by atoms with E-state index in [0.29, 0.717) is 17.3 Å². The quantitative estimate of drug-likeness (QED) is 0.718. The first-order valence-corrected chi connectivity index (χ1v) is 7.60. The van der Waals surface area contributed by atoms with Crippen LogP contribution in [0, 0.1) is 0 Å². The van der Waals surface area contributed by atoms with Crippen molar-refractivity contribution in [2.75, 3.05) is 27.9 Å². The van der Waals surface area contributed by atoms with Crippen LogP contribution in [0.25, 0.3) is 0 Å². The average molecular weight is 334 g/mol. The van der Waals surface area contributed by atoms with Crippen LogP contribution in [0.5, 0.6) is 17.2 Å². The van der Waals surface area contributed by atoms with Crippen LogP contribution in [0.15, 0.2) is 41.4 Å². The molecule has 5 heteroatoms. The van der Waals surface area contributed by atoms with Gasteiger partial charge >= 0.3 is 0 Å². The first-order valence-electron chi connectivity index (χ1n) is 7.22. The van der Waals surface area contributed by atoms with Crippen LogP contribution in [-0.2, 0) is 6.42 Å². The SMILES string of the molecule is COc1ccc(C=NCCc2cc(OC)c(Cl)cc2OC)cc1. The van der Waals surface area contributed by atoms with Crippen molar-refractivity contribution >= 4 is 17.8 Å². The van der Waals surface area contributed by atoms with Gasteiger partial charge in [-0.15, -0.1) is 0 Å². The molecule has 0 spiro atoms. The first-order chi connectivity index (χ1) is 11.2. The fraction of sp³-hybridized carbons (Fsp3) is 0.278. The molecule has 0 bridgehead atoms. The molecule has 0 aliphatic carbocycles. The van der Waals surface area contributed by atoms with E-state index in [-0.39, 0.29) is 0 Å². The molecule has 0 aliphatic rings. The normalized spacial score (nSPS) is 10.8. The molecule has 0 N–H and O–H groups in total. The lowest BCUT2D eigenvalue weighted by molar-refractivity contribution is 0.399. The summed E-state index contributed by atoms with van der Waals surface area (Å²) >= 11 is 6.10. The Morgan fingerprint density at radius 1 is 0.957 bits per heavy atom. The van der Waals surface area contributed by atoms with E-state index in [9.17, 15) is 0 Å². The Morgan fingerprint density at radius 3 is 2.26 bits per heavy atom. The third-order valence-electron chi connectivity index (χ3n) is 3.42. The molecule has 0 atom stereocenters. The van der Waals surface area contributed by atoms with Crippen molar-refractivity contribution in [1.82, 2.24) is 0 Å². The highest BCUT2D eigenvalue weighted by molar-refractivity contribution is 6.32. The summed E-state index contributed by atoms with van der Waals surface area (Å²) in [4.78, 5) is 4.45. The molecule has 0 radical (unpaired) electrons. The second kappa shape index (κ2) is 8.44. The van der Waals surface area contributed by atoms with Crippen molar-refractivity contribution < 1.29 is 14.2 Å². The lowest BCUT2D eigenvalue weighted by Gasteiger charge is -2.11. The van der Waals surface area contributed by atoms with E-state index in [0.717, 1.165) is 29.0 Å². The van der Waals surface area contributed by atoms with E-state index >= 15 is 0 Å². The summed E-state index contributed by atoms with van der Waals surface area (Å²) in [6.07, 6.45) is 2.59. The second-order valence-corrected chi connectivity index (χ2v) is 5.26. The molecule has 23 heavy (non-hydrogen) atoms. The van der Waals surface area contributed by atoms with Crippen LogP contribution in [0.2, 0.25) is 5.02 Å². The van der Waals surface area contributed by atoms with Gasteiger partial charge in [-0.05, 0) is 47.9 Å². The van der Waals surface area contributed by atoms with E-state index in [1.165, 1.54) is 0 Å². The van der Waals surface area contributed by atoms with Crippen LogP contribution in [0.3, 0.4) is 0 Å². The van der Waals surface area contributed by atoms with Gasteiger partial charge in [-0.3, -0.25) is 4.99 Å². The van der Waals surface area contributed by atoms with Gasteiger partial charge in [0.05, 0.1) is 26.4 Å². The Hall–Kier alpha value is -2.20. The summed E-state index contributed by atoms with van der Waals surface area (Å²) in [5, 5.41) is 0.537. The predicted molar refractivity (Wildman–Crippen MR) is 93.7 cm³/mol. The minimum atomic E-state index is 0.537. The fourth-order valence-electron chi connectivity index (χ4n) is 2.16. The summed E-state index contributed by atoms with van der Waals surface area (Å²) in [5.74, 6) is 2.22. The van der Waals surface area contributed by atoms with Crippen LogP contribution >= 0.6 is 11.6 Å². The van der Waals surface area contributed by atoms with Crippen LogP contribution in [-0.4, -0.2) is 34.1 Å². The molecule has 0 unspecified atom stereocenters. The van der Waals surface area contributed by atoms with Gasteiger partial charge in [0.1, 0.15) is 17.2 Å². The van der Waals surface area contributed by atoms with E-state index in [1.54, 1.807) is 27.4 Å². The zero-order valence-corrected chi connectivity index (χ0v) is 14.3. The molecular formula is C18H20ClNO3. The second-order valence-electron chi connectivity index (χ2n) is 4.86. The van der Waals surface area contributed by atoms with Crippen molar-refractivity contribution in [3.05, 3.63) is 52.5 Å². The van der Waals surface area contributed by atoms with Gasteiger partial charge in [-0.1, -0.05) is 11.6 Å². The number of benzene rings is 2. The maximum atomic E-state index is 6.10. The van der Waals surface area contributed by atoms with Crippen molar-refractivity contribution in [2.45, 2.75) is 6.42 Å². The van der Waals surface area contributed by atoms with Gasteiger partial charge in [0, 0.05) is 18.8 Å². The Bertz CT molecular complexity index is 669. The molecule has 2 aromatic carbocycles. The van der Waals surface area contributed by atoms with Crippen LogP contribution in [0.1, 0.15) is 11.1 Å². The highest BCUT2D eigenvalue weighted by Gasteiger charge is 2.09. The predicted octanol–water partition coefficient (Wildman–Crippen LogP) is 4.03. The van der Waals surface area contributed by atoms with Crippen molar-refractivity contribution in [2.24, 2.45) is 4.99 Å². The number of methoxy groups -OCH3 is 3. The van der Waals surface area contributed by atoms with Gasteiger partial charge in [-0.2, -0.15) is 0 Å². The highest BCUT2D eigenvalue weighted by Crippen LogP contribution is 2.32. The molecular weight excluding hydrogens is 314 g/mol. The Kier molecular flexibility index (Phi) is 6.29. The lowest BCUT2D eigenvalue weighted by atomic mass is 10.1. The Morgan fingerprint density at radius 2 is 1.65 bits per heavy atom. The first kappa shape index (κ1) is 17.2. The van der Waals surface area contributed by atoms with Crippen molar-refractivity contribution in [3.63, 3.8) is 0 Å². The molecule has 0 heterocycles. The van der Waals surface area contributed by atoms with E-state index < -0.39 is 0 Å². The lowest BCUT2D eigenvalue weighted by Crippen LogP contribution is -1.97. The third kappa shape index (κ3) is 4.63. The molecule has 2 aromatic rings. The largest absolute Gasteiger partial charge is 0.497 e. The standard InChI is InChI=1S/C18H20ClNO3/c1-21-15-6-4-13(5-7-15)12-20-9-8-14-10-18(23-3)16(19)11-17(14)22-2/h4-7,10-12H,8-9H2,1-3H3. The molecule has 0 aromatic heterocycles. The van der Waals surface area contributed by atoms with E-state index in [4.69, 9.17) is 25.8 Å². The van der Waals surface area contributed by atoms with Crippen molar-refractivity contribution in [3.8, 4) is 17.2 Å². The summed E-state index contributed by atoms with van der Waals surface area (Å²) in [6, 6.07) is 11.4. The molecule has 2 rings (SSSR count). The van der Waals surface area contributed by atoms with Crippen LogP contribution in [0.4, 0.5) is 0 Å². The number of rotatable bonds is 7. The fourth-order valence-corrected chi connectivity index (χ4v) is 2.39. The number of hydrogen-bond acceptors (Lipinski definition) is 4. The average Bonchev–Trinajstić information content (AvgIpc) is 2.59. The molecule has 122 valence electrons. The maximum Gasteiger partial charge on any atom is 0.137 e. The molecule has 0 saturated carbocycles. The Labute approximate surface area is 141 Å². The minimum absolute atomic E-state index is 0.537. The zero-order valence-electron chi connectivity index (χ0n) is 13.5. The van der Waals surface area contributed by atoms with E-state index in [2.05, 4.69) is 4.99 Å². The minimum Gasteiger partial charge on any atom is -0.497 e. The zero-order chi connectivity index (χ0) is 16.7. The van der Waals surface area contributed by atoms with Gasteiger partial charge in [0.25, 0.3) is 0 Å². The summed E-state index contributed by atoms with van der Waals surface area (Å²) in [6.45, 7) is 0.646. The summed E-state index contributed by atoms with van der Waals surface area (Å²) in [7, 11) is 4.87. The van der Waals surface area contributed by atoms with Crippen molar-refractivity contribution in [1.29, 1.82) is 0 Å². The highest BCUT2D eigenvalue weighted by atomic mass is 35.5. The van der Waals surface area contributed by atoms with Gasteiger partial charge in [-0.25, -0.2) is 0 Å². The molecule has 0 aliphatic heterocycles. The smallest absolute Gasteiger partial charge is 0.137 e. The van der Waals surface area contributed by atoms with E-state index in [1.807, 2.05) is 36.5 Å². The number of nitrogens with zero attached hydrogens (tertiary/aromatic N) is 1. The van der Waals surface area contributed by atoms with Gasteiger partial charge in [0.2, 0.25) is 0 Å². The Balaban J connectivity index is 2.01. The number of aliphatic imine (C=N–C) groups is 1.